The van der Waals surface area contributed by atoms with E-state index >= 15 is 0 Å². The highest BCUT2D eigenvalue weighted by Crippen LogP contribution is 2.18. The Bertz CT molecular complexity index is 865. The van der Waals surface area contributed by atoms with Crippen molar-refractivity contribution in [2.24, 2.45) is 0 Å². The summed E-state index contributed by atoms with van der Waals surface area (Å²) in [7, 11) is 1.62. The van der Waals surface area contributed by atoms with Gasteiger partial charge in [0.25, 0.3) is 5.91 Å². The number of benzene rings is 2. The number of anilines is 1. The number of methoxy groups -OCH3 is 1. The predicted molar refractivity (Wildman–Crippen MR) is 106 cm³/mol. The lowest BCUT2D eigenvalue weighted by Crippen LogP contribution is -2.50. The summed E-state index contributed by atoms with van der Waals surface area (Å²) < 4.78 is 10.4. The molecule has 1 aliphatic heterocycles. The van der Waals surface area contributed by atoms with Gasteiger partial charge in [0.15, 0.2) is 0 Å². The van der Waals surface area contributed by atoms with Crippen molar-refractivity contribution in [1.82, 2.24) is 10.7 Å². The monoisotopic (exact) mass is 397 g/mol. The first kappa shape index (κ1) is 20.3. The molecule has 1 heterocycles. The van der Waals surface area contributed by atoms with Crippen molar-refractivity contribution in [2.45, 2.75) is 19.4 Å². The van der Waals surface area contributed by atoms with Crippen LogP contribution in [-0.4, -0.2) is 38.0 Å². The molecule has 2 aromatic rings. The number of nitrogens with one attached hydrogen (secondary N) is 2. The molecule has 3 rings (SSSR count). The maximum Gasteiger partial charge on any atom is 0.251 e. The molecule has 1 fully saturated rings. The van der Waals surface area contributed by atoms with E-state index in [1.165, 1.54) is 5.01 Å². The van der Waals surface area contributed by atoms with Gasteiger partial charge in [-0.2, -0.15) is 0 Å². The Morgan fingerprint density at radius 3 is 2.45 bits per heavy atom. The van der Waals surface area contributed by atoms with Crippen LogP contribution in [0.4, 0.5) is 5.69 Å². The first-order chi connectivity index (χ1) is 14.1. The van der Waals surface area contributed by atoms with E-state index in [1.807, 2.05) is 24.3 Å². The summed E-state index contributed by atoms with van der Waals surface area (Å²) >= 11 is 0. The molecule has 8 heteroatoms. The molecule has 0 radical (unpaired) electrons. The van der Waals surface area contributed by atoms with Gasteiger partial charge < -0.3 is 14.8 Å². The van der Waals surface area contributed by atoms with Gasteiger partial charge in [-0.15, -0.1) is 0 Å². The Balaban J connectivity index is 1.53. The van der Waals surface area contributed by atoms with Gasteiger partial charge in [-0.1, -0.05) is 12.1 Å². The van der Waals surface area contributed by atoms with Gasteiger partial charge in [0.1, 0.15) is 12.4 Å². The third kappa shape index (κ3) is 5.55. The average Bonchev–Trinajstić information content (AvgIpc) is 2.75. The maximum atomic E-state index is 12.4. The smallest absolute Gasteiger partial charge is 0.251 e. The fourth-order valence-corrected chi connectivity index (χ4v) is 2.78. The quantitative estimate of drug-likeness (QED) is 0.662. The molecule has 0 aliphatic carbocycles. The van der Waals surface area contributed by atoms with E-state index in [0.717, 1.165) is 11.3 Å². The zero-order valence-electron chi connectivity index (χ0n) is 16.1. The lowest BCUT2D eigenvalue weighted by Gasteiger charge is -2.27. The molecule has 0 aromatic heterocycles. The van der Waals surface area contributed by atoms with Crippen LogP contribution >= 0.6 is 0 Å². The first-order valence-corrected chi connectivity index (χ1v) is 9.28. The summed E-state index contributed by atoms with van der Waals surface area (Å²) in [5.74, 6) is 0.121. The highest BCUT2D eigenvalue weighted by atomic mass is 16.5. The predicted octanol–water partition coefficient (Wildman–Crippen LogP) is 1.80. The molecule has 2 N–H and O–H groups in total. The van der Waals surface area contributed by atoms with E-state index in [9.17, 15) is 14.4 Å². The third-order valence-corrected chi connectivity index (χ3v) is 4.37. The minimum absolute atomic E-state index is 0.171. The van der Waals surface area contributed by atoms with Crippen LogP contribution in [0.2, 0.25) is 0 Å². The van der Waals surface area contributed by atoms with Crippen LogP contribution < -0.4 is 20.5 Å². The number of rotatable bonds is 8. The average molecular weight is 397 g/mol. The van der Waals surface area contributed by atoms with Crippen LogP contribution in [0.3, 0.4) is 0 Å². The largest absolute Gasteiger partial charge is 0.491 e. The minimum atomic E-state index is -0.231. The topological polar surface area (TPSA) is 97.0 Å². The molecule has 2 aromatic carbocycles. The third-order valence-electron chi connectivity index (χ3n) is 4.37. The minimum Gasteiger partial charge on any atom is -0.491 e. The fraction of sp³-hybridized carbons (Fsp3) is 0.286. The van der Waals surface area contributed by atoms with Crippen LogP contribution in [0.1, 0.15) is 28.8 Å². The summed E-state index contributed by atoms with van der Waals surface area (Å²) in [6, 6.07) is 13.9. The van der Waals surface area contributed by atoms with Crippen LogP contribution in [0.15, 0.2) is 48.5 Å². The lowest BCUT2D eigenvalue weighted by molar-refractivity contribution is -0.130. The number of hydrazine groups is 1. The number of hydrogen-bond acceptors (Lipinski definition) is 5. The van der Waals surface area contributed by atoms with Gasteiger partial charge in [0, 0.05) is 32.1 Å². The van der Waals surface area contributed by atoms with Gasteiger partial charge >= 0.3 is 0 Å². The Labute approximate surface area is 168 Å². The summed E-state index contributed by atoms with van der Waals surface area (Å²) in [5.41, 5.74) is 4.45. The van der Waals surface area contributed by atoms with Crippen molar-refractivity contribution >= 4 is 23.4 Å². The van der Waals surface area contributed by atoms with Crippen LogP contribution in [-0.2, 0) is 20.9 Å². The fourth-order valence-electron chi connectivity index (χ4n) is 2.78. The molecule has 152 valence electrons. The van der Waals surface area contributed by atoms with Gasteiger partial charge in [0.2, 0.25) is 11.8 Å². The van der Waals surface area contributed by atoms with E-state index in [2.05, 4.69) is 10.7 Å². The standard InChI is InChI=1S/C21H23N3O5/c1-28-12-13-29-18-8-2-15(3-9-18)14-22-21(27)16-4-6-17(7-5-16)24-20(26)11-10-19(25)23-24/h2-9H,10-14H2,1H3,(H,22,27)(H,23,25). The first-order valence-electron chi connectivity index (χ1n) is 9.28. The van der Waals surface area contributed by atoms with Crippen molar-refractivity contribution in [3.63, 3.8) is 0 Å². The van der Waals surface area contributed by atoms with Gasteiger partial charge in [-0.3, -0.25) is 19.8 Å². The molecule has 0 atom stereocenters. The van der Waals surface area contributed by atoms with Crippen molar-refractivity contribution in [2.75, 3.05) is 25.3 Å². The summed E-state index contributed by atoms with van der Waals surface area (Å²) in [5, 5.41) is 4.06. The molecule has 3 amide bonds. The molecule has 0 saturated carbocycles. The molecule has 8 nitrogen and oxygen atoms in total. The number of carbonyl (C=O) groups excluding carboxylic acids is 3. The number of amides is 3. The van der Waals surface area contributed by atoms with Crippen LogP contribution in [0.25, 0.3) is 0 Å². The van der Waals surface area contributed by atoms with Crippen LogP contribution in [0, 0.1) is 0 Å². The highest BCUT2D eigenvalue weighted by molar-refractivity contribution is 6.01. The maximum absolute atomic E-state index is 12.4. The Hall–Kier alpha value is -3.39. The Morgan fingerprint density at radius 1 is 1.03 bits per heavy atom. The summed E-state index contributed by atoms with van der Waals surface area (Å²) in [4.78, 5) is 35.8. The Kier molecular flexibility index (Phi) is 6.80. The molecule has 1 saturated heterocycles. The summed E-state index contributed by atoms with van der Waals surface area (Å²) in [6.45, 7) is 1.38. The van der Waals surface area contributed by atoms with Crippen molar-refractivity contribution < 1.29 is 23.9 Å². The highest BCUT2D eigenvalue weighted by Gasteiger charge is 2.24. The zero-order chi connectivity index (χ0) is 20.6. The Morgan fingerprint density at radius 2 is 1.76 bits per heavy atom. The normalized spacial score (nSPS) is 13.8. The van der Waals surface area contributed by atoms with Crippen molar-refractivity contribution in [3.8, 4) is 5.75 Å². The molecular formula is C21H23N3O5. The van der Waals surface area contributed by atoms with Gasteiger partial charge in [0.05, 0.1) is 12.3 Å². The number of hydrogen-bond donors (Lipinski definition) is 2. The van der Waals surface area contributed by atoms with Crippen molar-refractivity contribution in [1.29, 1.82) is 0 Å². The molecule has 0 bridgehead atoms. The van der Waals surface area contributed by atoms with E-state index < -0.39 is 0 Å². The van der Waals surface area contributed by atoms with Gasteiger partial charge in [-0.05, 0) is 42.0 Å². The second-order valence-electron chi connectivity index (χ2n) is 6.48. The molecule has 0 spiro atoms. The van der Waals surface area contributed by atoms with E-state index in [1.54, 1.807) is 31.4 Å². The van der Waals surface area contributed by atoms with Gasteiger partial charge in [-0.25, -0.2) is 5.01 Å². The van der Waals surface area contributed by atoms with E-state index in [4.69, 9.17) is 9.47 Å². The lowest BCUT2D eigenvalue weighted by atomic mass is 10.1. The number of nitrogens with zero attached hydrogens (tertiary/aromatic N) is 1. The number of ether oxygens (including phenoxy) is 2. The van der Waals surface area contributed by atoms with E-state index in [0.29, 0.717) is 31.0 Å². The second-order valence-corrected chi connectivity index (χ2v) is 6.48. The summed E-state index contributed by atoms with van der Waals surface area (Å²) in [6.07, 6.45) is 0.361. The molecular weight excluding hydrogens is 374 g/mol. The molecule has 29 heavy (non-hydrogen) atoms. The number of carbonyl (C=O) groups is 3. The SMILES string of the molecule is COCCOc1ccc(CNC(=O)c2ccc(N3NC(=O)CCC3=O)cc2)cc1. The molecule has 1 aliphatic rings. The van der Waals surface area contributed by atoms with Crippen LogP contribution in [0.5, 0.6) is 5.75 Å². The molecule has 0 unspecified atom stereocenters. The second kappa shape index (κ2) is 9.70. The van der Waals surface area contributed by atoms with Crippen molar-refractivity contribution in [3.05, 3.63) is 59.7 Å². The van der Waals surface area contributed by atoms with E-state index in [-0.39, 0.29) is 30.6 Å². The zero-order valence-corrected chi connectivity index (χ0v) is 16.1.